The number of hydrogen-bond donors (Lipinski definition) is 1. The topological polar surface area (TPSA) is 61.0 Å². The van der Waals surface area contributed by atoms with Gasteiger partial charge in [-0.15, -0.1) is 5.10 Å². The quantitative estimate of drug-likeness (QED) is 0.930. The van der Waals surface area contributed by atoms with E-state index in [0.717, 1.165) is 22.4 Å². The van der Waals surface area contributed by atoms with E-state index < -0.39 is 0 Å². The van der Waals surface area contributed by atoms with Crippen molar-refractivity contribution in [1.82, 2.24) is 10.2 Å². The van der Waals surface area contributed by atoms with Gasteiger partial charge < -0.3 is 10.5 Å². The van der Waals surface area contributed by atoms with Gasteiger partial charge in [-0.05, 0) is 30.0 Å². The van der Waals surface area contributed by atoms with Crippen LogP contribution in [0.3, 0.4) is 0 Å². The van der Waals surface area contributed by atoms with Crippen molar-refractivity contribution in [1.29, 1.82) is 0 Å². The second-order valence-electron chi connectivity index (χ2n) is 5.92. The fourth-order valence-electron chi connectivity index (χ4n) is 2.02. The van der Waals surface area contributed by atoms with Crippen molar-refractivity contribution in [2.24, 2.45) is 5.73 Å². The van der Waals surface area contributed by atoms with Gasteiger partial charge in [0.05, 0.1) is 6.20 Å². The third kappa shape index (κ3) is 3.14. The maximum absolute atomic E-state index is 5.99. The Morgan fingerprint density at radius 3 is 2.60 bits per heavy atom. The van der Waals surface area contributed by atoms with Crippen molar-refractivity contribution in [2.75, 3.05) is 0 Å². The average molecular weight is 271 g/mol. The lowest BCUT2D eigenvalue weighted by molar-refractivity contribution is 0.428. The minimum absolute atomic E-state index is 0.00583. The molecular formula is C16H21N3O. The van der Waals surface area contributed by atoms with Crippen LogP contribution in [-0.4, -0.2) is 10.2 Å². The molecule has 0 saturated carbocycles. The van der Waals surface area contributed by atoms with E-state index in [1.807, 2.05) is 19.1 Å². The van der Waals surface area contributed by atoms with Crippen LogP contribution in [-0.2, 0) is 12.0 Å². The van der Waals surface area contributed by atoms with Crippen LogP contribution >= 0.6 is 0 Å². The predicted octanol–water partition coefficient (Wildman–Crippen LogP) is 3.33. The third-order valence-electron chi connectivity index (χ3n) is 3.14. The number of nitrogens with zero attached hydrogens (tertiary/aromatic N) is 2. The van der Waals surface area contributed by atoms with Crippen LogP contribution in [0.15, 0.2) is 30.5 Å². The van der Waals surface area contributed by atoms with Gasteiger partial charge in [-0.25, -0.2) is 0 Å². The van der Waals surface area contributed by atoms with Gasteiger partial charge in [0.2, 0.25) is 5.88 Å². The molecule has 0 unspecified atom stereocenters. The maximum atomic E-state index is 5.99. The number of nitrogens with two attached hydrogens (primary N) is 1. The van der Waals surface area contributed by atoms with Gasteiger partial charge in [0.25, 0.3) is 0 Å². The molecule has 106 valence electrons. The fourth-order valence-corrected chi connectivity index (χ4v) is 2.02. The molecule has 1 aromatic carbocycles. The number of benzene rings is 1. The Labute approximate surface area is 120 Å². The first kappa shape index (κ1) is 14.5. The summed E-state index contributed by atoms with van der Waals surface area (Å²) in [5, 5.41) is 7.92. The minimum atomic E-state index is -0.00583. The monoisotopic (exact) mass is 271 g/mol. The molecular weight excluding hydrogens is 250 g/mol. The van der Waals surface area contributed by atoms with Gasteiger partial charge in [-0.3, -0.25) is 0 Å². The Kier molecular flexibility index (Phi) is 4.04. The van der Waals surface area contributed by atoms with Gasteiger partial charge in [-0.1, -0.05) is 32.9 Å². The molecule has 0 aliphatic heterocycles. The van der Waals surface area contributed by atoms with E-state index in [0.29, 0.717) is 12.4 Å². The van der Waals surface area contributed by atoms with Crippen LogP contribution in [0.25, 0.3) is 0 Å². The zero-order chi connectivity index (χ0) is 14.8. The summed E-state index contributed by atoms with van der Waals surface area (Å²) in [7, 11) is 0. The van der Waals surface area contributed by atoms with Crippen molar-refractivity contribution >= 4 is 0 Å². The van der Waals surface area contributed by atoms with Crippen LogP contribution in [0.5, 0.6) is 11.6 Å². The first-order valence-electron chi connectivity index (χ1n) is 6.71. The van der Waals surface area contributed by atoms with Crippen LogP contribution in [0, 0.1) is 6.92 Å². The molecule has 2 N–H and O–H groups in total. The van der Waals surface area contributed by atoms with E-state index in [2.05, 4.69) is 43.1 Å². The van der Waals surface area contributed by atoms with Gasteiger partial charge in [-0.2, -0.15) is 5.10 Å². The summed E-state index contributed by atoms with van der Waals surface area (Å²) in [5.74, 6) is 1.29. The lowest BCUT2D eigenvalue weighted by atomic mass is 9.86. The molecule has 0 fully saturated rings. The highest BCUT2D eigenvalue weighted by atomic mass is 16.5. The van der Waals surface area contributed by atoms with Crippen LogP contribution in [0.2, 0.25) is 0 Å². The molecule has 0 atom stereocenters. The van der Waals surface area contributed by atoms with Crippen molar-refractivity contribution in [2.45, 2.75) is 39.7 Å². The smallest absolute Gasteiger partial charge is 0.243 e. The van der Waals surface area contributed by atoms with Crippen LogP contribution in [0.1, 0.15) is 37.5 Å². The molecule has 1 heterocycles. The number of aromatic nitrogens is 2. The average Bonchev–Trinajstić information content (AvgIpc) is 2.38. The molecule has 0 spiro atoms. The van der Waals surface area contributed by atoms with Gasteiger partial charge in [0, 0.05) is 17.7 Å². The van der Waals surface area contributed by atoms with E-state index in [-0.39, 0.29) is 5.41 Å². The highest BCUT2D eigenvalue weighted by Crippen LogP contribution is 2.34. The molecule has 2 aromatic rings. The Balaban J connectivity index is 2.45. The second kappa shape index (κ2) is 5.59. The third-order valence-corrected chi connectivity index (χ3v) is 3.14. The zero-order valence-electron chi connectivity index (χ0n) is 12.5. The largest absolute Gasteiger partial charge is 0.437 e. The van der Waals surface area contributed by atoms with E-state index in [4.69, 9.17) is 10.5 Å². The SMILES string of the molecule is Cc1ccc(C(C)(C)C)c(Oc2nnccc2CN)c1. The fraction of sp³-hybridized carbons (Fsp3) is 0.375. The van der Waals surface area contributed by atoms with E-state index in [9.17, 15) is 0 Å². The Bertz CT molecular complexity index is 603. The summed E-state index contributed by atoms with van der Waals surface area (Å²) < 4.78 is 5.99. The molecule has 0 saturated heterocycles. The zero-order valence-corrected chi connectivity index (χ0v) is 12.5. The summed E-state index contributed by atoms with van der Waals surface area (Å²) in [6.45, 7) is 8.89. The Morgan fingerprint density at radius 1 is 1.20 bits per heavy atom. The number of ether oxygens (including phenoxy) is 1. The van der Waals surface area contributed by atoms with Crippen molar-refractivity contribution in [3.63, 3.8) is 0 Å². The highest BCUT2D eigenvalue weighted by molar-refractivity contribution is 5.43. The molecule has 0 aliphatic rings. The van der Waals surface area contributed by atoms with Gasteiger partial charge in [0.1, 0.15) is 5.75 Å². The molecule has 0 bridgehead atoms. The summed E-state index contributed by atoms with van der Waals surface area (Å²) in [4.78, 5) is 0. The summed E-state index contributed by atoms with van der Waals surface area (Å²) in [6, 6.07) is 8.04. The van der Waals surface area contributed by atoms with E-state index >= 15 is 0 Å². The molecule has 0 radical (unpaired) electrons. The normalized spacial score (nSPS) is 11.4. The number of rotatable bonds is 3. The summed E-state index contributed by atoms with van der Waals surface area (Å²) in [6.07, 6.45) is 1.62. The lowest BCUT2D eigenvalue weighted by Gasteiger charge is -2.23. The first-order chi connectivity index (χ1) is 9.41. The molecule has 1 aromatic heterocycles. The van der Waals surface area contributed by atoms with Crippen LogP contribution < -0.4 is 10.5 Å². The van der Waals surface area contributed by atoms with Crippen molar-refractivity contribution in [3.8, 4) is 11.6 Å². The van der Waals surface area contributed by atoms with Crippen molar-refractivity contribution in [3.05, 3.63) is 47.2 Å². The second-order valence-corrected chi connectivity index (χ2v) is 5.92. The van der Waals surface area contributed by atoms with Crippen LogP contribution in [0.4, 0.5) is 0 Å². The van der Waals surface area contributed by atoms with E-state index in [1.54, 1.807) is 6.20 Å². The molecule has 20 heavy (non-hydrogen) atoms. The van der Waals surface area contributed by atoms with Crippen molar-refractivity contribution < 1.29 is 4.74 Å². The first-order valence-corrected chi connectivity index (χ1v) is 6.71. The molecule has 0 aliphatic carbocycles. The number of aryl methyl sites for hydroxylation is 1. The molecule has 4 nitrogen and oxygen atoms in total. The minimum Gasteiger partial charge on any atom is -0.437 e. The van der Waals surface area contributed by atoms with Gasteiger partial charge >= 0.3 is 0 Å². The lowest BCUT2D eigenvalue weighted by Crippen LogP contribution is -2.13. The highest BCUT2D eigenvalue weighted by Gasteiger charge is 2.20. The Hall–Kier alpha value is -1.94. The molecule has 2 rings (SSSR count). The summed E-state index contributed by atoms with van der Waals surface area (Å²) in [5.41, 5.74) is 8.83. The standard InChI is InChI=1S/C16H21N3O/c1-11-5-6-13(16(2,3)4)14(9-11)20-15-12(10-17)7-8-18-19-15/h5-9H,10,17H2,1-4H3. The molecule has 0 amide bonds. The molecule has 4 heteroatoms. The summed E-state index contributed by atoms with van der Waals surface area (Å²) >= 11 is 0. The Morgan fingerprint density at radius 2 is 1.95 bits per heavy atom. The predicted molar refractivity (Wildman–Crippen MR) is 79.9 cm³/mol. The number of hydrogen-bond acceptors (Lipinski definition) is 4. The van der Waals surface area contributed by atoms with E-state index in [1.165, 1.54) is 0 Å². The van der Waals surface area contributed by atoms with Gasteiger partial charge in [0.15, 0.2) is 0 Å². The maximum Gasteiger partial charge on any atom is 0.243 e.